The molecule has 6 nitrogen and oxygen atoms in total. The largest absolute Gasteiger partial charge is 0.492 e. The standard InChI is InChI=1S/C18H25N3O3/c1-13(22)21-14-3-2-4-15(11-14)24-10-9-20-17(23)16-12-18(16)5-7-19-8-6-18/h2-4,11,16,19H,5-10,12H2,1H3,(H,20,23)(H,21,22). The molecule has 1 aliphatic heterocycles. The van der Waals surface area contributed by atoms with E-state index >= 15 is 0 Å². The van der Waals surface area contributed by atoms with Crippen LogP contribution in [-0.4, -0.2) is 38.1 Å². The van der Waals surface area contributed by atoms with Crippen molar-refractivity contribution in [1.82, 2.24) is 10.6 Å². The van der Waals surface area contributed by atoms with Crippen LogP contribution in [0.3, 0.4) is 0 Å². The minimum absolute atomic E-state index is 0.115. The predicted molar refractivity (Wildman–Crippen MR) is 91.9 cm³/mol. The lowest BCUT2D eigenvalue weighted by Crippen LogP contribution is -2.35. The van der Waals surface area contributed by atoms with Gasteiger partial charge in [-0.05, 0) is 49.9 Å². The van der Waals surface area contributed by atoms with Crippen molar-refractivity contribution >= 4 is 17.5 Å². The van der Waals surface area contributed by atoms with Crippen LogP contribution in [0.2, 0.25) is 0 Å². The van der Waals surface area contributed by atoms with Gasteiger partial charge in [0.05, 0.1) is 6.54 Å². The molecule has 2 fully saturated rings. The highest BCUT2D eigenvalue weighted by Crippen LogP contribution is 2.58. The van der Waals surface area contributed by atoms with Crippen molar-refractivity contribution in [3.63, 3.8) is 0 Å². The van der Waals surface area contributed by atoms with Gasteiger partial charge in [-0.1, -0.05) is 6.07 Å². The summed E-state index contributed by atoms with van der Waals surface area (Å²) in [5.41, 5.74) is 0.970. The number of ether oxygens (including phenoxy) is 1. The molecule has 1 unspecified atom stereocenters. The number of rotatable bonds is 6. The molecular weight excluding hydrogens is 306 g/mol. The zero-order chi connectivity index (χ0) is 17.0. The lowest BCUT2D eigenvalue weighted by atomic mass is 9.92. The van der Waals surface area contributed by atoms with Gasteiger partial charge in [0, 0.05) is 24.6 Å². The van der Waals surface area contributed by atoms with Gasteiger partial charge in [-0.2, -0.15) is 0 Å². The van der Waals surface area contributed by atoms with E-state index in [-0.39, 0.29) is 23.1 Å². The van der Waals surface area contributed by atoms with Gasteiger partial charge >= 0.3 is 0 Å². The minimum Gasteiger partial charge on any atom is -0.492 e. The molecule has 1 spiro atoms. The first kappa shape index (κ1) is 16.8. The van der Waals surface area contributed by atoms with E-state index in [1.54, 1.807) is 6.07 Å². The van der Waals surface area contributed by atoms with E-state index in [0.717, 1.165) is 32.4 Å². The molecule has 3 rings (SSSR count). The van der Waals surface area contributed by atoms with Gasteiger partial charge in [0.1, 0.15) is 12.4 Å². The molecule has 1 saturated heterocycles. The van der Waals surface area contributed by atoms with Crippen LogP contribution in [0.5, 0.6) is 5.75 Å². The Labute approximate surface area is 142 Å². The number of hydrogen-bond acceptors (Lipinski definition) is 4. The van der Waals surface area contributed by atoms with E-state index in [4.69, 9.17) is 4.74 Å². The summed E-state index contributed by atoms with van der Waals surface area (Å²) in [5.74, 6) is 0.905. The molecule has 0 aromatic heterocycles. The molecule has 1 saturated carbocycles. The molecule has 24 heavy (non-hydrogen) atoms. The molecule has 2 aliphatic rings. The lowest BCUT2D eigenvalue weighted by Gasteiger charge is -2.23. The topological polar surface area (TPSA) is 79.5 Å². The van der Waals surface area contributed by atoms with Crippen molar-refractivity contribution in [1.29, 1.82) is 0 Å². The maximum absolute atomic E-state index is 12.2. The first-order valence-corrected chi connectivity index (χ1v) is 8.58. The third kappa shape index (κ3) is 4.06. The summed E-state index contributed by atoms with van der Waals surface area (Å²) in [5, 5.41) is 9.04. The van der Waals surface area contributed by atoms with Gasteiger partial charge in [-0.3, -0.25) is 9.59 Å². The normalized spacial score (nSPS) is 21.1. The number of piperidine rings is 1. The Kier molecular flexibility index (Phi) is 5.04. The van der Waals surface area contributed by atoms with Gasteiger partial charge in [0.2, 0.25) is 11.8 Å². The van der Waals surface area contributed by atoms with Gasteiger partial charge in [-0.25, -0.2) is 0 Å². The van der Waals surface area contributed by atoms with Crippen LogP contribution < -0.4 is 20.7 Å². The molecule has 1 heterocycles. The molecule has 2 amide bonds. The molecule has 1 aliphatic carbocycles. The third-order valence-electron chi connectivity index (χ3n) is 4.93. The maximum Gasteiger partial charge on any atom is 0.223 e. The molecule has 0 radical (unpaired) electrons. The fraction of sp³-hybridized carbons (Fsp3) is 0.556. The number of nitrogens with one attached hydrogen (secondary N) is 3. The van der Waals surface area contributed by atoms with Crippen LogP contribution in [-0.2, 0) is 9.59 Å². The Balaban J connectivity index is 1.38. The van der Waals surface area contributed by atoms with Crippen molar-refractivity contribution in [3.8, 4) is 5.75 Å². The van der Waals surface area contributed by atoms with Crippen molar-refractivity contribution < 1.29 is 14.3 Å². The summed E-state index contributed by atoms with van der Waals surface area (Å²) in [6, 6.07) is 7.23. The van der Waals surface area contributed by atoms with Crippen molar-refractivity contribution in [2.24, 2.45) is 11.3 Å². The summed E-state index contributed by atoms with van der Waals surface area (Å²) in [7, 11) is 0. The summed E-state index contributed by atoms with van der Waals surface area (Å²) in [6.07, 6.45) is 3.25. The number of carbonyl (C=O) groups is 2. The number of hydrogen-bond donors (Lipinski definition) is 3. The van der Waals surface area contributed by atoms with Gasteiger partial charge in [-0.15, -0.1) is 0 Å². The monoisotopic (exact) mass is 331 g/mol. The number of benzene rings is 1. The van der Waals surface area contributed by atoms with E-state index in [9.17, 15) is 9.59 Å². The molecule has 3 N–H and O–H groups in total. The van der Waals surface area contributed by atoms with Gasteiger partial charge < -0.3 is 20.7 Å². The second-order valence-electron chi connectivity index (χ2n) is 6.72. The summed E-state index contributed by atoms with van der Waals surface area (Å²) in [4.78, 5) is 23.3. The molecule has 1 aromatic rings. The van der Waals surface area contributed by atoms with Crippen molar-refractivity contribution in [3.05, 3.63) is 24.3 Å². The van der Waals surface area contributed by atoms with Crippen molar-refractivity contribution in [2.75, 3.05) is 31.6 Å². The zero-order valence-electron chi connectivity index (χ0n) is 14.1. The van der Waals surface area contributed by atoms with Gasteiger partial charge in [0.25, 0.3) is 0 Å². The van der Waals surface area contributed by atoms with Crippen LogP contribution in [0.4, 0.5) is 5.69 Å². The predicted octanol–water partition coefficient (Wildman–Crippen LogP) is 1.53. The van der Waals surface area contributed by atoms with E-state index < -0.39 is 0 Å². The average molecular weight is 331 g/mol. The van der Waals surface area contributed by atoms with Crippen molar-refractivity contribution in [2.45, 2.75) is 26.2 Å². The molecule has 6 heteroatoms. The fourth-order valence-corrected chi connectivity index (χ4v) is 3.53. The Morgan fingerprint density at radius 3 is 2.88 bits per heavy atom. The van der Waals surface area contributed by atoms with Crippen LogP contribution >= 0.6 is 0 Å². The minimum atomic E-state index is -0.115. The van der Waals surface area contributed by atoms with Crippen LogP contribution in [0.1, 0.15) is 26.2 Å². The van der Waals surface area contributed by atoms with Gasteiger partial charge in [0.15, 0.2) is 0 Å². The summed E-state index contributed by atoms with van der Waals surface area (Å²) >= 11 is 0. The van der Waals surface area contributed by atoms with E-state index in [2.05, 4.69) is 16.0 Å². The fourth-order valence-electron chi connectivity index (χ4n) is 3.53. The molecule has 130 valence electrons. The Hall–Kier alpha value is -2.08. The van der Waals surface area contributed by atoms with E-state index in [0.29, 0.717) is 24.6 Å². The third-order valence-corrected chi connectivity index (χ3v) is 4.93. The number of anilines is 1. The highest BCUT2D eigenvalue weighted by atomic mass is 16.5. The molecule has 0 bridgehead atoms. The quantitative estimate of drug-likeness (QED) is 0.691. The second kappa shape index (κ2) is 7.21. The maximum atomic E-state index is 12.2. The zero-order valence-corrected chi connectivity index (χ0v) is 14.1. The van der Waals surface area contributed by atoms with Crippen LogP contribution in [0.25, 0.3) is 0 Å². The number of carbonyl (C=O) groups excluding carboxylic acids is 2. The first-order valence-electron chi connectivity index (χ1n) is 8.58. The van der Waals surface area contributed by atoms with Crippen LogP contribution in [0, 0.1) is 11.3 Å². The summed E-state index contributed by atoms with van der Waals surface area (Å²) < 4.78 is 5.64. The molecule has 1 atom stereocenters. The SMILES string of the molecule is CC(=O)Nc1cccc(OCCNC(=O)C2CC23CCNCC3)c1. The number of amides is 2. The Morgan fingerprint density at radius 2 is 2.12 bits per heavy atom. The van der Waals surface area contributed by atoms with E-state index in [1.165, 1.54) is 6.92 Å². The van der Waals surface area contributed by atoms with E-state index in [1.807, 2.05) is 18.2 Å². The smallest absolute Gasteiger partial charge is 0.223 e. The highest BCUT2D eigenvalue weighted by Gasteiger charge is 2.57. The highest BCUT2D eigenvalue weighted by molar-refractivity contribution is 5.88. The first-order chi connectivity index (χ1) is 11.6. The second-order valence-corrected chi connectivity index (χ2v) is 6.72. The van der Waals surface area contributed by atoms with Crippen LogP contribution in [0.15, 0.2) is 24.3 Å². The Morgan fingerprint density at radius 1 is 1.33 bits per heavy atom. The Bertz CT molecular complexity index is 611. The molecular formula is C18H25N3O3. The summed E-state index contributed by atoms with van der Waals surface area (Å²) in [6.45, 7) is 4.43. The average Bonchev–Trinajstić information content (AvgIpc) is 3.25. The molecule has 1 aromatic carbocycles. The lowest BCUT2D eigenvalue weighted by molar-refractivity contribution is -0.123.